The number of nitrogens with zero attached hydrogens (tertiary/aromatic N) is 6. The van der Waals surface area contributed by atoms with Crippen molar-refractivity contribution in [1.29, 1.82) is 0 Å². The third-order valence-corrected chi connectivity index (χ3v) is 14.6. The largest absolute Gasteiger partial charge is 0.496 e. The van der Waals surface area contributed by atoms with Gasteiger partial charge in [0.15, 0.2) is 0 Å². The molecule has 1 aliphatic carbocycles. The van der Waals surface area contributed by atoms with Crippen LogP contribution in [0.2, 0.25) is 0 Å². The number of carbonyl (C=O) groups is 4. The van der Waals surface area contributed by atoms with E-state index in [-0.39, 0.29) is 41.0 Å². The van der Waals surface area contributed by atoms with Crippen molar-refractivity contribution in [1.82, 2.24) is 24.7 Å². The summed E-state index contributed by atoms with van der Waals surface area (Å²) in [5, 5.41) is 3.63. The van der Waals surface area contributed by atoms with Crippen molar-refractivity contribution in [2.45, 2.75) is 70.1 Å². The van der Waals surface area contributed by atoms with Gasteiger partial charge in [-0.15, -0.1) is 0 Å². The number of rotatable bonds is 11. The summed E-state index contributed by atoms with van der Waals surface area (Å²) in [7, 11) is 11.5. The first-order valence-corrected chi connectivity index (χ1v) is 22.2. The van der Waals surface area contributed by atoms with Crippen LogP contribution in [-0.2, 0) is 23.2 Å². The molecule has 4 amide bonds. The second-order valence-corrected chi connectivity index (χ2v) is 19.1. The van der Waals surface area contributed by atoms with E-state index >= 15 is 0 Å². The number of likely N-dealkylation sites (tertiary alicyclic amines) is 2. The summed E-state index contributed by atoms with van der Waals surface area (Å²) in [6.45, 7) is 6.21. The van der Waals surface area contributed by atoms with Gasteiger partial charge in [-0.2, -0.15) is 0 Å². The topological polar surface area (TPSA) is 153 Å². The highest BCUT2D eigenvalue weighted by atomic mass is 16.5. The predicted octanol–water partition coefficient (Wildman–Crippen LogP) is 4.77. The van der Waals surface area contributed by atoms with Gasteiger partial charge in [-0.05, 0) is 92.6 Å². The first kappa shape index (κ1) is 42.5. The number of quaternary nitrogens is 1. The van der Waals surface area contributed by atoms with Crippen molar-refractivity contribution in [3.8, 4) is 28.4 Å². The summed E-state index contributed by atoms with van der Waals surface area (Å²) in [4.78, 5) is 73.6. The molecule has 1 atom stereocenters. The van der Waals surface area contributed by atoms with Gasteiger partial charge in [0.2, 0.25) is 11.8 Å². The number of methoxy groups -OCH3 is 2. The first-order chi connectivity index (χ1) is 30.2. The first-order valence-electron chi connectivity index (χ1n) is 22.2. The molecule has 4 fully saturated rings. The number of hydrogen-bond donors (Lipinski definition) is 1. The fraction of sp³-hybridized carbons (Fsp3) is 0.500. The molecule has 15 heteroatoms. The number of imide groups is 2. The summed E-state index contributed by atoms with van der Waals surface area (Å²) in [5.74, 6) is 1.46. The molecular weight excluding hydrogens is 803 g/mol. The number of pyridine rings is 2. The number of fused-ring (bicyclic) bond motifs is 2. The fourth-order valence-electron chi connectivity index (χ4n) is 10.8. The van der Waals surface area contributed by atoms with Gasteiger partial charge in [0.25, 0.3) is 17.4 Å². The average molecular weight is 861 g/mol. The molecule has 9 rings (SSSR count). The van der Waals surface area contributed by atoms with Crippen molar-refractivity contribution >= 4 is 40.2 Å². The van der Waals surface area contributed by atoms with Gasteiger partial charge in [-0.25, -0.2) is 4.98 Å². The molecule has 4 aliphatic heterocycles. The zero-order valence-corrected chi connectivity index (χ0v) is 37.2. The van der Waals surface area contributed by atoms with Gasteiger partial charge in [-0.1, -0.05) is 0 Å². The fourth-order valence-corrected chi connectivity index (χ4v) is 10.8. The number of benzene rings is 2. The Kier molecular flexibility index (Phi) is 11.1. The minimum absolute atomic E-state index is 0.0541. The van der Waals surface area contributed by atoms with E-state index in [1.165, 1.54) is 19.4 Å². The Labute approximate surface area is 367 Å². The molecule has 15 nitrogen and oxygen atoms in total. The number of ether oxygens (including phenoxy) is 3. The zero-order chi connectivity index (χ0) is 44.4. The van der Waals surface area contributed by atoms with Crippen LogP contribution in [0, 0.1) is 11.3 Å². The molecule has 4 aromatic rings. The Morgan fingerprint density at radius 3 is 2.21 bits per heavy atom. The predicted molar refractivity (Wildman–Crippen MR) is 237 cm³/mol. The lowest BCUT2D eigenvalue weighted by atomic mass is 9.61. The maximum Gasteiger partial charge on any atom is 0.262 e. The molecule has 1 unspecified atom stereocenters. The minimum Gasteiger partial charge on any atom is -0.496 e. The van der Waals surface area contributed by atoms with Crippen LogP contribution in [-0.4, -0.2) is 128 Å². The smallest absolute Gasteiger partial charge is 0.262 e. The number of piperidine rings is 3. The monoisotopic (exact) mass is 860 g/mol. The van der Waals surface area contributed by atoms with E-state index in [0.29, 0.717) is 17.1 Å². The van der Waals surface area contributed by atoms with Gasteiger partial charge in [0, 0.05) is 76.2 Å². The van der Waals surface area contributed by atoms with Crippen LogP contribution in [0.25, 0.3) is 21.9 Å². The van der Waals surface area contributed by atoms with E-state index in [1.807, 2.05) is 31.3 Å². The van der Waals surface area contributed by atoms with Crippen LogP contribution in [0.15, 0.2) is 53.6 Å². The molecule has 6 heterocycles. The van der Waals surface area contributed by atoms with E-state index < -0.39 is 29.7 Å². The molecule has 332 valence electrons. The van der Waals surface area contributed by atoms with Crippen LogP contribution < -0.4 is 30.0 Å². The van der Waals surface area contributed by atoms with Crippen LogP contribution in [0.1, 0.15) is 77.6 Å². The van der Waals surface area contributed by atoms with Gasteiger partial charge in [-0.3, -0.25) is 39.1 Å². The van der Waals surface area contributed by atoms with E-state index in [4.69, 9.17) is 14.2 Å². The van der Waals surface area contributed by atoms with Gasteiger partial charge < -0.3 is 28.2 Å². The number of nitrogens with one attached hydrogen (secondary N) is 1. The summed E-state index contributed by atoms with van der Waals surface area (Å²) >= 11 is 0. The van der Waals surface area contributed by atoms with Crippen LogP contribution in [0.4, 0.5) is 5.82 Å². The molecule has 1 saturated carbocycles. The summed E-state index contributed by atoms with van der Waals surface area (Å²) in [6.07, 6.45) is 10.4. The van der Waals surface area contributed by atoms with Crippen molar-refractivity contribution in [2.75, 3.05) is 73.0 Å². The van der Waals surface area contributed by atoms with E-state index in [9.17, 15) is 24.0 Å². The number of anilines is 1. The summed E-state index contributed by atoms with van der Waals surface area (Å²) in [5.41, 5.74) is 3.52. The van der Waals surface area contributed by atoms with E-state index in [2.05, 4.69) is 34.4 Å². The Hall–Kier alpha value is -5.80. The highest BCUT2D eigenvalue weighted by Gasteiger charge is 2.51. The standard InChI is InChI=1S/C48H57N7O8/c1-51(2)42-22-34-36(25-49-42)45(58)52(3)26-37(34)30-19-40(61-5)38(41(20-30)62-6)27-53-15-11-29(12-16-53)28-55(4)17-13-48(14-18-55)23-32(24-48)63-31-7-8-33-35(21-31)47(60)54(46(33)59)39-9-10-43(56)50-44(39)57/h7-8,19-22,25-26,29,32,39H,9-18,23-24,27-28H2,1-6H3/p+1. The maximum absolute atomic E-state index is 13.3. The molecule has 0 bridgehead atoms. The molecule has 2 aromatic carbocycles. The summed E-state index contributed by atoms with van der Waals surface area (Å²) in [6, 6.07) is 10.1. The number of hydrogen-bond acceptors (Lipinski definition) is 11. The zero-order valence-electron chi connectivity index (χ0n) is 37.2. The van der Waals surface area contributed by atoms with Crippen LogP contribution >= 0.6 is 0 Å². The molecule has 1 spiro atoms. The highest BCUT2D eigenvalue weighted by Crippen LogP contribution is 2.52. The molecule has 5 aliphatic rings. The Bertz CT molecular complexity index is 2540. The normalized spacial score (nSPS) is 25.3. The van der Waals surface area contributed by atoms with Crippen molar-refractivity contribution in [2.24, 2.45) is 18.4 Å². The second-order valence-electron chi connectivity index (χ2n) is 19.1. The van der Waals surface area contributed by atoms with E-state index in [1.54, 1.807) is 50.2 Å². The quantitative estimate of drug-likeness (QED) is 0.164. The average Bonchev–Trinajstić information content (AvgIpc) is 3.50. The third-order valence-electron chi connectivity index (χ3n) is 14.6. The van der Waals surface area contributed by atoms with Gasteiger partial charge in [0.05, 0.1) is 69.1 Å². The third kappa shape index (κ3) is 7.94. The van der Waals surface area contributed by atoms with Gasteiger partial charge in [0.1, 0.15) is 29.1 Å². The SMILES string of the molecule is COc1cc(-c2cn(C)c(=O)c3cnc(N(C)C)cc23)cc(OC)c1CN1CCC(C[N+]2(C)CCC3(CC2)CC(Oc2ccc4c(c2)C(=O)N(C2CCC(=O)NC2=O)C4=O)C3)CC1. The Morgan fingerprint density at radius 1 is 0.873 bits per heavy atom. The molecule has 1 N–H and O–H groups in total. The molecule has 63 heavy (non-hydrogen) atoms. The Balaban J connectivity index is 0.776. The number of carbonyl (C=O) groups excluding carboxylic acids is 4. The lowest BCUT2D eigenvalue weighted by Gasteiger charge is -2.54. The maximum atomic E-state index is 13.3. The number of amides is 4. The second kappa shape index (κ2) is 16.4. The lowest BCUT2D eigenvalue weighted by molar-refractivity contribution is -0.920. The lowest BCUT2D eigenvalue weighted by Crippen LogP contribution is -2.59. The molecule has 0 radical (unpaired) electrons. The molecular formula is C48H58N7O8+. The minimum atomic E-state index is -0.988. The molecule has 3 saturated heterocycles. The summed E-state index contributed by atoms with van der Waals surface area (Å²) < 4.78 is 21.1. The number of aromatic nitrogens is 2. The number of aryl methyl sites for hydroxylation is 1. The van der Waals surface area contributed by atoms with E-state index in [0.717, 1.165) is 107 Å². The van der Waals surface area contributed by atoms with Crippen molar-refractivity contribution in [3.05, 3.63) is 75.8 Å². The Morgan fingerprint density at radius 2 is 1.56 bits per heavy atom. The molecule has 2 aromatic heterocycles. The highest BCUT2D eigenvalue weighted by molar-refractivity contribution is 6.23. The van der Waals surface area contributed by atoms with Crippen molar-refractivity contribution in [3.63, 3.8) is 0 Å². The van der Waals surface area contributed by atoms with Crippen molar-refractivity contribution < 1.29 is 37.9 Å². The van der Waals surface area contributed by atoms with Crippen LogP contribution in [0.5, 0.6) is 17.2 Å². The van der Waals surface area contributed by atoms with Crippen LogP contribution in [0.3, 0.4) is 0 Å². The van der Waals surface area contributed by atoms with Gasteiger partial charge >= 0.3 is 0 Å².